The molecule has 7 nitrogen and oxygen atoms in total. The van der Waals surface area contributed by atoms with E-state index < -0.39 is 35.0 Å². The van der Waals surface area contributed by atoms with Crippen LogP contribution in [0.1, 0.15) is 41.2 Å². The zero-order valence-corrected chi connectivity index (χ0v) is 17.1. The highest BCUT2D eigenvalue weighted by atomic mass is 19.1. The summed E-state index contributed by atoms with van der Waals surface area (Å²) in [6, 6.07) is -0.588. The molecule has 0 amide bonds. The average molecular weight is 430 g/mol. The van der Waals surface area contributed by atoms with Crippen LogP contribution in [-0.4, -0.2) is 40.4 Å². The van der Waals surface area contributed by atoms with Gasteiger partial charge in [0.15, 0.2) is 5.82 Å². The highest BCUT2D eigenvalue weighted by Crippen LogP contribution is 2.62. The van der Waals surface area contributed by atoms with Crippen molar-refractivity contribution in [1.29, 1.82) is 0 Å². The van der Waals surface area contributed by atoms with Gasteiger partial charge in [0.05, 0.1) is 28.3 Å². The number of hydrogen-bond acceptors (Lipinski definition) is 5. The van der Waals surface area contributed by atoms with Crippen molar-refractivity contribution in [2.24, 2.45) is 23.5 Å². The van der Waals surface area contributed by atoms with Crippen LogP contribution in [0.15, 0.2) is 11.0 Å². The number of nitrogen functional groups attached to an aromatic ring is 1. The Balaban J connectivity index is 1.57. The van der Waals surface area contributed by atoms with Gasteiger partial charge in [-0.3, -0.25) is 4.79 Å². The van der Waals surface area contributed by atoms with Crippen LogP contribution < -0.4 is 21.8 Å². The molecule has 4 aliphatic rings. The van der Waals surface area contributed by atoms with Crippen LogP contribution in [0.25, 0.3) is 10.9 Å². The van der Waals surface area contributed by atoms with E-state index in [4.69, 9.17) is 11.5 Å². The Bertz CT molecular complexity index is 1240. The number of carboxylic acid groups (broad SMARTS) is 1. The summed E-state index contributed by atoms with van der Waals surface area (Å²) in [6.45, 7) is 2.97. The second-order valence-corrected chi connectivity index (χ2v) is 9.85. The molecule has 6 rings (SSSR count). The first-order chi connectivity index (χ1) is 14.6. The average Bonchev–Trinajstić information content (AvgIpc) is 3.49. The highest BCUT2D eigenvalue weighted by Gasteiger charge is 2.66. The van der Waals surface area contributed by atoms with Gasteiger partial charge >= 0.3 is 5.97 Å². The molecule has 3 saturated carbocycles. The molecular formula is C22H24F2N4O3. The second kappa shape index (κ2) is 5.76. The summed E-state index contributed by atoms with van der Waals surface area (Å²) in [4.78, 5) is 26.5. The molecule has 5 N–H and O–H groups in total. The molecule has 3 aliphatic carbocycles. The summed E-state index contributed by atoms with van der Waals surface area (Å²) in [6.07, 6.45) is 2.30. The first kappa shape index (κ1) is 19.0. The van der Waals surface area contributed by atoms with Crippen molar-refractivity contribution < 1.29 is 18.7 Å². The fourth-order valence-corrected chi connectivity index (χ4v) is 6.40. The Morgan fingerprint density at radius 2 is 2.03 bits per heavy atom. The number of carboxylic acids is 1. The lowest BCUT2D eigenvalue weighted by Gasteiger charge is -2.26. The van der Waals surface area contributed by atoms with Gasteiger partial charge in [0.1, 0.15) is 11.7 Å². The summed E-state index contributed by atoms with van der Waals surface area (Å²) in [7, 11) is 0. The molecular weight excluding hydrogens is 406 g/mol. The lowest BCUT2D eigenvalue weighted by molar-refractivity contribution is 0.0694. The van der Waals surface area contributed by atoms with E-state index in [2.05, 4.69) is 0 Å². The van der Waals surface area contributed by atoms with Crippen LogP contribution in [0.3, 0.4) is 0 Å². The van der Waals surface area contributed by atoms with E-state index in [0.717, 1.165) is 12.8 Å². The summed E-state index contributed by atoms with van der Waals surface area (Å²) < 4.78 is 31.1. The maximum Gasteiger partial charge on any atom is 0.341 e. The van der Waals surface area contributed by atoms with E-state index in [0.29, 0.717) is 47.6 Å². The Morgan fingerprint density at radius 1 is 1.32 bits per heavy atom. The minimum absolute atomic E-state index is 0.153. The first-order valence-corrected chi connectivity index (χ1v) is 10.7. The Kier molecular flexibility index (Phi) is 3.54. The quantitative estimate of drug-likeness (QED) is 0.643. The number of halogens is 2. The van der Waals surface area contributed by atoms with Crippen LogP contribution in [0.4, 0.5) is 20.2 Å². The van der Waals surface area contributed by atoms with Gasteiger partial charge < -0.3 is 26.0 Å². The molecule has 1 aromatic carbocycles. The largest absolute Gasteiger partial charge is 0.477 e. The number of nitrogens with zero attached hydrogens (tertiary/aromatic N) is 2. The second-order valence-electron chi connectivity index (χ2n) is 9.85. The predicted molar refractivity (Wildman–Crippen MR) is 112 cm³/mol. The smallest absolute Gasteiger partial charge is 0.341 e. The number of carbonyl (C=O) groups is 1. The van der Waals surface area contributed by atoms with Crippen LogP contribution in [0, 0.1) is 30.5 Å². The minimum Gasteiger partial charge on any atom is -0.477 e. The number of aromatic carboxylic acids is 1. The van der Waals surface area contributed by atoms with E-state index >= 15 is 4.39 Å². The summed E-state index contributed by atoms with van der Waals surface area (Å²) in [5, 5.41) is 9.27. The maximum absolute atomic E-state index is 15.6. The van der Waals surface area contributed by atoms with Gasteiger partial charge in [-0.05, 0) is 43.1 Å². The van der Waals surface area contributed by atoms with Crippen molar-refractivity contribution in [3.63, 3.8) is 0 Å². The van der Waals surface area contributed by atoms with Crippen molar-refractivity contribution >= 4 is 28.2 Å². The third kappa shape index (κ3) is 2.35. The maximum atomic E-state index is 15.6. The van der Waals surface area contributed by atoms with E-state index in [-0.39, 0.29) is 23.0 Å². The number of rotatable bonds is 3. The van der Waals surface area contributed by atoms with Crippen LogP contribution in [-0.2, 0) is 0 Å². The van der Waals surface area contributed by atoms with E-state index in [1.54, 1.807) is 6.92 Å². The number of aromatic nitrogens is 1. The van der Waals surface area contributed by atoms with Gasteiger partial charge in [-0.25, -0.2) is 13.6 Å². The Labute approximate surface area is 176 Å². The fraction of sp³-hybridized carbons (Fsp3) is 0.545. The normalized spacial score (nSPS) is 35.4. The van der Waals surface area contributed by atoms with Gasteiger partial charge in [-0.1, -0.05) is 0 Å². The Hall–Kier alpha value is -2.68. The van der Waals surface area contributed by atoms with E-state index in [9.17, 15) is 19.1 Å². The molecule has 2 heterocycles. The molecule has 31 heavy (non-hydrogen) atoms. The van der Waals surface area contributed by atoms with Gasteiger partial charge in [-0.2, -0.15) is 0 Å². The predicted octanol–water partition coefficient (Wildman–Crippen LogP) is 2.19. The standard InChI is InChI=1S/C22H24F2N4O3/c1-8-18-15(20(29)11(21(30)31)6-28(18)14-3-13(14)23)17(25)16(24)19(8)27-5-9-2-10-4-22(10,26)12(9)7-27/h6,9-10,12-14H,2-5,7,25-26H2,1H3,(H,30,31)/t9-,10?,12+,13+,14-,22-/m1/s1. The van der Waals surface area contributed by atoms with Crippen molar-refractivity contribution in [3.8, 4) is 0 Å². The molecule has 1 unspecified atom stereocenters. The molecule has 164 valence electrons. The number of benzene rings is 1. The minimum atomic E-state index is -1.45. The lowest BCUT2D eigenvalue weighted by atomic mass is 9.92. The number of anilines is 2. The van der Waals surface area contributed by atoms with Crippen LogP contribution >= 0.6 is 0 Å². The summed E-state index contributed by atoms with van der Waals surface area (Å²) >= 11 is 0. The van der Waals surface area contributed by atoms with E-state index in [1.807, 2.05) is 4.90 Å². The van der Waals surface area contributed by atoms with Crippen molar-refractivity contribution in [2.75, 3.05) is 23.7 Å². The molecule has 9 heteroatoms. The summed E-state index contributed by atoms with van der Waals surface area (Å²) in [5.41, 5.74) is 11.8. The number of alkyl halides is 1. The number of fused-ring (bicyclic) bond motifs is 4. The molecule has 0 bridgehead atoms. The molecule has 0 radical (unpaired) electrons. The number of aryl methyl sites for hydroxylation is 1. The molecule has 0 spiro atoms. The number of nitrogens with two attached hydrogens (primary N) is 2. The fourth-order valence-electron chi connectivity index (χ4n) is 6.40. The third-order valence-electron chi connectivity index (χ3n) is 8.16. The zero-order valence-electron chi connectivity index (χ0n) is 17.1. The number of pyridine rings is 1. The monoisotopic (exact) mass is 430 g/mol. The highest BCUT2D eigenvalue weighted by molar-refractivity contribution is 6.01. The molecule has 1 aromatic heterocycles. The molecule has 1 saturated heterocycles. The van der Waals surface area contributed by atoms with Gasteiger partial charge in [0, 0.05) is 31.2 Å². The van der Waals surface area contributed by atoms with Crippen molar-refractivity contribution in [2.45, 2.75) is 43.9 Å². The molecule has 1 aliphatic heterocycles. The van der Waals surface area contributed by atoms with Crippen LogP contribution in [0.5, 0.6) is 0 Å². The zero-order chi connectivity index (χ0) is 22.0. The first-order valence-electron chi connectivity index (χ1n) is 10.7. The van der Waals surface area contributed by atoms with Gasteiger partial charge in [0.25, 0.3) is 0 Å². The lowest BCUT2D eigenvalue weighted by Crippen LogP contribution is -2.35. The Morgan fingerprint density at radius 3 is 2.65 bits per heavy atom. The molecule has 2 aromatic rings. The third-order valence-corrected chi connectivity index (χ3v) is 8.16. The summed E-state index contributed by atoms with van der Waals surface area (Å²) in [5.74, 6) is -0.911. The molecule has 6 atom stereocenters. The van der Waals surface area contributed by atoms with Crippen molar-refractivity contribution in [1.82, 2.24) is 4.57 Å². The van der Waals surface area contributed by atoms with E-state index in [1.165, 1.54) is 10.8 Å². The van der Waals surface area contributed by atoms with Crippen molar-refractivity contribution in [3.05, 3.63) is 33.4 Å². The van der Waals surface area contributed by atoms with Crippen LogP contribution in [0.2, 0.25) is 0 Å². The number of hydrogen-bond donors (Lipinski definition) is 3. The SMILES string of the molecule is Cc1c(N2C[C@H]3CC4C[C@]4(N)[C@H]3C2)c(F)c(N)c2c(=O)c(C(=O)O)cn([C@@H]3C[C@@H]3F)c12. The van der Waals surface area contributed by atoms with Gasteiger partial charge in [0.2, 0.25) is 5.43 Å². The molecule has 4 fully saturated rings. The van der Waals surface area contributed by atoms with Gasteiger partial charge in [-0.15, -0.1) is 0 Å². The topological polar surface area (TPSA) is 115 Å².